The molecule has 0 aliphatic carbocycles. The van der Waals surface area contributed by atoms with Crippen LogP contribution in [-0.2, 0) is 11.3 Å². The molecular formula is C18H16BrN3O2. The van der Waals surface area contributed by atoms with Crippen molar-refractivity contribution >= 4 is 21.9 Å². The Labute approximate surface area is 148 Å². The Morgan fingerprint density at radius 1 is 1.17 bits per heavy atom. The van der Waals surface area contributed by atoms with Gasteiger partial charge in [0.25, 0.3) is 0 Å². The average molecular weight is 386 g/mol. The molecule has 0 aliphatic heterocycles. The molecule has 1 aromatic heterocycles. The Kier molecular flexibility index (Phi) is 5.05. The van der Waals surface area contributed by atoms with Gasteiger partial charge in [-0.1, -0.05) is 58.4 Å². The molecule has 0 amide bonds. The predicted molar refractivity (Wildman–Crippen MR) is 94.7 cm³/mol. The number of nitrogens with zero attached hydrogens (tertiary/aromatic N) is 3. The molecule has 0 bridgehead atoms. The van der Waals surface area contributed by atoms with Crippen molar-refractivity contribution < 1.29 is 9.53 Å². The van der Waals surface area contributed by atoms with E-state index >= 15 is 0 Å². The highest BCUT2D eigenvalue weighted by Crippen LogP contribution is 2.21. The van der Waals surface area contributed by atoms with E-state index in [0.717, 1.165) is 15.6 Å². The van der Waals surface area contributed by atoms with E-state index in [2.05, 4.69) is 26.0 Å². The summed E-state index contributed by atoms with van der Waals surface area (Å²) < 4.78 is 7.62. The van der Waals surface area contributed by atoms with Crippen molar-refractivity contribution in [2.24, 2.45) is 0 Å². The molecule has 3 aromatic rings. The van der Waals surface area contributed by atoms with Crippen molar-refractivity contribution in [3.05, 3.63) is 70.5 Å². The number of hydrogen-bond donors (Lipinski definition) is 0. The number of carbonyl (C=O) groups excluding carboxylic acids is 1. The minimum Gasteiger partial charge on any atom is -0.460 e. The number of ether oxygens (including phenoxy) is 1. The normalized spacial score (nSPS) is 10.6. The van der Waals surface area contributed by atoms with E-state index in [1.165, 1.54) is 0 Å². The summed E-state index contributed by atoms with van der Waals surface area (Å²) in [5.41, 5.74) is 1.87. The maximum Gasteiger partial charge on any atom is 0.376 e. The van der Waals surface area contributed by atoms with Gasteiger partial charge in [-0.05, 0) is 24.6 Å². The highest BCUT2D eigenvalue weighted by atomic mass is 79.9. The predicted octanol–water partition coefficient (Wildman–Crippen LogP) is 3.93. The van der Waals surface area contributed by atoms with E-state index in [4.69, 9.17) is 4.74 Å². The molecule has 6 heteroatoms. The summed E-state index contributed by atoms with van der Waals surface area (Å²) in [5, 5.41) is 4.50. The first-order valence-corrected chi connectivity index (χ1v) is 8.38. The van der Waals surface area contributed by atoms with Gasteiger partial charge in [0.05, 0.1) is 13.2 Å². The Morgan fingerprint density at radius 2 is 1.96 bits per heavy atom. The Balaban J connectivity index is 2.00. The van der Waals surface area contributed by atoms with Crippen LogP contribution in [-0.4, -0.2) is 27.3 Å². The molecular weight excluding hydrogens is 370 g/mol. The smallest absolute Gasteiger partial charge is 0.376 e. The summed E-state index contributed by atoms with van der Waals surface area (Å²) in [5.74, 6) is 0.230. The topological polar surface area (TPSA) is 57.0 Å². The van der Waals surface area contributed by atoms with Gasteiger partial charge in [0.15, 0.2) is 5.82 Å². The monoisotopic (exact) mass is 385 g/mol. The average Bonchev–Trinajstić information content (AvgIpc) is 3.00. The first kappa shape index (κ1) is 16.4. The van der Waals surface area contributed by atoms with Crippen LogP contribution >= 0.6 is 15.9 Å². The zero-order valence-corrected chi connectivity index (χ0v) is 14.7. The maximum absolute atomic E-state index is 12.2. The molecule has 0 fully saturated rings. The number of rotatable bonds is 5. The molecule has 24 heavy (non-hydrogen) atoms. The molecule has 1 heterocycles. The maximum atomic E-state index is 12.2. The van der Waals surface area contributed by atoms with Crippen LogP contribution in [0.15, 0.2) is 59.1 Å². The van der Waals surface area contributed by atoms with Gasteiger partial charge in [-0.25, -0.2) is 14.5 Å². The van der Waals surface area contributed by atoms with Gasteiger partial charge in [0, 0.05) is 10.0 Å². The van der Waals surface area contributed by atoms with Crippen LogP contribution in [0, 0.1) is 0 Å². The molecule has 0 radical (unpaired) electrons. The molecule has 0 aliphatic rings. The van der Waals surface area contributed by atoms with Gasteiger partial charge < -0.3 is 4.74 Å². The van der Waals surface area contributed by atoms with Crippen molar-refractivity contribution in [1.82, 2.24) is 14.8 Å². The summed E-state index contributed by atoms with van der Waals surface area (Å²) in [6.45, 7) is 2.52. The van der Waals surface area contributed by atoms with Crippen LogP contribution in [0.2, 0.25) is 0 Å². The Bertz CT molecular complexity index is 846. The molecule has 0 N–H and O–H groups in total. The molecule has 0 saturated heterocycles. The quantitative estimate of drug-likeness (QED) is 0.624. The summed E-state index contributed by atoms with van der Waals surface area (Å²) in [7, 11) is 0. The number of halogens is 1. The SMILES string of the molecule is CCOC(=O)c1nc(-c2cccc(Br)c2)nn1Cc1ccccc1. The van der Waals surface area contributed by atoms with Crippen molar-refractivity contribution in [1.29, 1.82) is 0 Å². The second-order valence-corrected chi connectivity index (χ2v) is 6.05. The zero-order chi connectivity index (χ0) is 16.9. The molecule has 3 rings (SSSR count). The summed E-state index contributed by atoms with van der Waals surface area (Å²) >= 11 is 3.44. The lowest BCUT2D eigenvalue weighted by Crippen LogP contribution is -2.15. The number of hydrogen-bond acceptors (Lipinski definition) is 4. The third-order valence-corrected chi connectivity index (χ3v) is 3.88. The molecule has 0 saturated carbocycles. The van der Waals surface area contributed by atoms with Crippen LogP contribution in [0.25, 0.3) is 11.4 Å². The second kappa shape index (κ2) is 7.40. The third kappa shape index (κ3) is 3.71. The van der Waals surface area contributed by atoms with Crippen LogP contribution < -0.4 is 0 Å². The number of esters is 1. The molecule has 5 nitrogen and oxygen atoms in total. The lowest BCUT2D eigenvalue weighted by Gasteiger charge is -2.05. The zero-order valence-electron chi connectivity index (χ0n) is 13.1. The second-order valence-electron chi connectivity index (χ2n) is 5.13. The number of benzene rings is 2. The van der Waals surface area contributed by atoms with E-state index in [0.29, 0.717) is 19.0 Å². The van der Waals surface area contributed by atoms with Crippen molar-refractivity contribution in [3.63, 3.8) is 0 Å². The van der Waals surface area contributed by atoms with Gasteiger partial charge in [-0.3, -0.25) is 0 Å². The first-order chi connectivity index (χ1) is 11.7. The highest BCUT2D eigenvalue weighted by Gasteiger charge is 2.19. The van der Waals surface area contributed by atoms with Gasteiger partial charge >= 0.3 is 5.97 Å². The van der Waals surface area contributed by atoms with Crippen molar-refractivity contribution in [2.75, 3.05) is 6.61 Å². The highest BCUT2D eigenvalue weighted by molar-refractivity contribution is 9.10. The Hall–Kier alpha value is -2.47. The number of aromatic nitrogens is 3. The summed E-state index contributed by atoms with van der Waals surface area (Å²) in [6.07, 6.45) is 0. The van der Waals surface area contributed by atoms with Gasteiger partial charge in [-0.15, -0.1) is 5.10 Å². The molecule has 122 valence electrons. The summed E-state index contributed by atoms with van der Waals surface area (Å²) in [6, 6.07) is 17.5. The fraction of sp³-hybridized carbons (Fsp3) is 0.167. The molecule has 0 spiro atoms. The molecule has 0 atom stereocenters. The minimum atomic E-state index is -0.470. The fourth-order valence-electron chi connectivity index (χ4n) is 2.31. The third-order valence-electron chi connectivity index (χ3n) is 3.39. The lowest BCUT2D eigenvalue weighted by atomic mass is 10.2. The van der Waals surface area contributed by atoms with E-state index in [-0.39, 0.29) is 5.82 Å². The van der Waals surface area contributed by atoms with Crippen LogP contribution in [0.4, 0.5) is 0 Å². The van der Waals surface area contributed by atoms with E-state index in [9.17, 15) is 4.79 Å². The largest absolute Gasteiger partial charge is 0.460 e. The standard InChI is InChI=1S/C18H16BrN3O2/c1-2-24-18(23)17-20-16(14-9-6-10-15(19)11-14)21-22(17)12-13-7-4-3-5-8-13/h3-11H,2,12H2,1H3. The van der Waals surface area contributed by atoms with Crippen molar-refractivity contribution in [2.45, 2.75) is 13.5 Å². The van der Waals surface area contributed by atoms with Gasteiger partial charge in [-0.2, -0.15) is 0 Å². The fourth-order valence-corrected chi connectivity index (χ4v) is 2.70. The lowest BCUT2D eigenvalue weighted by molar-refractivity contribution is 0.0505. The van der Waals surface area contributed by atoms with E-state index < -0.39 is 5.97 Å². The molecule has 0 unspecified atom stereocenters. The van der Waals surface area contributed by atoms with E-state index in [1.54, 1.807) is 11.6 Å². The van der Waals surface area contributed by atoms with Crippen molar-refractivity contribution in [3.8, 4) is 11.4 Å². The number of carbonyl (C=O) groups is 1. The Morgan fingerprint density at radius 3 is 2.67 bits per heavy atom. The van der Waals surface area contributed by atoms with Gasteiger partial charge in [0.2, 0.25) is 5.82 Å². The molecule has 2 aromatic carbocycles. The first-order valence-electron chi connectivity index (χ1n) is 7.59. The van der Waals surface area contributed by atoms with E-state index in [1.807, 2.05) is 54.6 Å². The van der Waals surface area contributed by atoms with Crippen LogP contribution in [0.1, 0.15) is 23.1 Å². The van der Waals surface area contributed by atoms with Crippen LogP contribution in [0.3, 0.4) is 0 Å². The summed E-state index contributed by atoms with van der Waals surface area (Å²) in [4.78, 5) is 16.6. The van der Waals surface area contributed by atoms with Crippen LogP contribution in [0.5, 0.6) is 0 Å². The minimum absolute atomic E-state index is 0.204. The van der Waals surface area contributed by atoms with Gasteiger partial charge in [0.1, 0.15) is 0 Å².